The van der Waals surface area contributed by atoms with Crippen molar-refractivity contribution < 1.29 is 13.5 Å². The van der Waals surface area contributed by atoms with Gasteiger partial charge in [0.2, 0.25) is 5.88 Å². The summed E-state index contributed by atoms with van der Waals surface area (Å²) in [5.41, 5.74) is 4.16. The number of hydrogen-bond donors (Lipinski definition) is 0. The maximum absolute atomic E-state index is 12.3. The van der Waals surface area contributed by atoms with E-state index in [9.17, 15) is 8.78 Å². The number of aromatic nitrogens is 3. The van der Waals surface area contributed by atoms with E-state index in [1.165, 1.54) is 19.0 Å². The van der Waals surface area contributed by atoms with Gasteiger partial charge in [-0.25, -0.2) is 15.0 Å². The molecule has 0 radical (unpaired) electrons. The minimum Gasteiger partial charge on any atom is -0.415 e. The van der Waals surface area contributed by atoms with E-state index in [1.807, 2.05) is 13.0 Å². The van der Waals surface area contributed by atoms with Crippen molar-refractivity contribution >= 4 is 22.4 Å². The van der Waals surface area contributed by atoms with Crippen LogP contribution in [0.5, 0.6) is 5.88 Å². The first kappa shape index (κ1) is 14.4. The van der Waals surface area contributed by atoms with Crippen LogP contribution in [0.1, 0.15) is 30.0 Å². The molecule has 4 rings (SSSR count). The van der Waals surface area contributed by atoms with Gasteiger partial charge in [-0.3, -0.25) is 0 Å². The van der Waals surface area contributed by atoms with E-state index in [-0.39, 0.29) is 5.88 Å². The highest BCUT2D eigenvalue weighted by Crippen LogP contribution is 2.42. The number of fused-ring (bicyclic) bond motifs is 1. The van der Waals surface area contributed by atoms with Crippen LogP contribution in [0.25, 0.3) is 21.6 Å². The normalized spacial score (nSPS) is 14.6. The zero-order valence-corrected chi connectivity index (χ0v) is 13.1. The smallest absolute Gasteiger partial charge is 0.388 e. The fourth-order valence-corrected chi connectivity index (χ4v) is 3.45. The van der Waals surface area contributed by atoms with Crippen LogP contribution in [0, 0.1) is 6.92 Å². The van der Waals surface area contributed by atoms with Crippen LogP contribution in [0.2, 0.25) is 0 Å². The van der Waals surface area contributed by atoms with Gasteiger partial charge in [0, 0.05) is 16.9 Å². The summed E-state index contributed by atoms with van der Waals surface area (Å²) < 4.78 is 29.0. The molecule has 23 heavy (non-hydrogen) atoms. The fraction of sp³-hybridized carbons (Fsp3) is 0.312. The standard InChI is InChI=1S/C16H13F2N3OS/c1-8-4-10(15-21-12(7-23-15)9-2-3-9)14-11(5-8)20-13(6-19-14)22-16(17)18/h4-7,9,16H,2-3H2,1H3. The lowest BCUT2D eigenvalue weighted by molar-refractivity contribution is -0.0528. The van der Waals surface area contributed by atoms with Crippen molar-refractivity contribution in [2.45, 2.75) is 32.3 Å². The summed E-state index contributed by atoms with van der Waals surface area (Å²) in [6, 6.07) is 3.81. The average molecular weight is 333 g/mol. The van der Waals surface area contributed by atoms with Crippen LogP contribution >= 0.6 is 11.3 Å². The molecule has 2 aromatic heterocycles. The molecule has 1 aromatic carbocycles. The average Bonchev–Trinajstić information content (AvgIpc) is 3.23. The zero-order valence-electron chi connectivity index (χ0n) is 12.3. The maximum atomic E-state index is 12.3. The van der Waals surface area contributed by atoms with Gasteiger partial charge in [0.1, 0.15) is 5.01 Å². The van der Waals surface area contributed by atoms with Gasteiger partial charge >= 0.3 is 6.61 Å². The molecule has 0 saturated heterocycles. The van der Waals surface area contributed by atoms with Gasteiger partial charge in [-0.1, -0.05) is 0 Å². The molecule has 118 valence electrons. The molecule has 0 atom stereocenters. The quantitative estimate of drug-likeness (QED) is 0.703. The maximum Gasteiger partial charge on any atom is 0.388 e. The third-order valence-electron chi connectivity index (χ3n) is 3.73. The SMILES string of the molecule is Cc1cc(-c2nc(C3CC3)cs2)c2ncc(OC(F)F)nc2c1. The Morgan fingerprint density at radius 2 is 2.09 bits per heavy atom. The van der Waals surface area contributed by atoms with Crippen molar-refractivity contribution in [1.29, 1.82) is 0 Å². The highest BCUT2D eigenvalue weighted by atomic mass is 32.1. The molecule has 1 aliphatic carbocycles. The van der Waals surface area contributed by atoms with Gasteiger partial charge < -0.3 is 4.74 Å². The summed E-state index contributed by atoms with van der Waals surface area (Å²) >= 11 is 1.58. The lowest BCUT2D eigenvalue weighted by Gasteiger charge is -2.07. The first-order chi connectivity index (χ1) is 11.1. The molecule has 0 aliphatic heterocycles. The first-order valence-electron chi connectivity index (χ1n) is 7.28. The number of thiazole rings is 1. The van der Waals surface area contributed by atoms with E-state index in [0.29, 0.717) is 17.0 Å². The zero-order chi connectivity index (χ0) is 16.0. The number of benzene rings is 1. The molecule has 0 bridgehead atoms. The van der Waals surface area contributed by atoms with Gasteiger partial charge in [-0.05, 0) is 37.5 Å². The van der Waals surface area contributed by atoms with Crippen LogP contribution < -0.4 is 4.74 Å². The molecule has 3 aromatic rings. The largest absolute Gasteiger partial charge is 0.415 e. The van der Waals surface area contributed by atoms with Gasteiger partial charge in [-0.15, -0.1) is 11.3 Å². The Labute approximate surface area is 135 Å². The molecule has 7 heteroatoms. The number of rotatable bonds is 4. The molecule has 0 unspecified atom stereocenters. The Bertz CT molecular complexity index is 877. The molecular formula is C16H13F2N3OS. The van der Waals surface area contributed by atoms with Crippen LogP contribution in [0.3, 0.4) is 0 Å². The number of hydrogen-bond acceptors (Lipinski definition) is 5. The lowest BCUT2D eigenvalue weighted by Crippen LogP contribution is -2.04. The lowest BCUT2D eigenvalue weighted by atomic mass is 10.1. The Morgan fingerprint density at radius 1 is 1.26 bits per heavy atom. The molecule has 1 saturated carbocycles. The summed E-state index contributed by atoms with van der Waals surface area (Å²) in [5.74, 6) is 0.412. The molecule has 2 heterocycles. The minimum absolute atomic E-state index is 0.179. The van der Waals surface area contributed by atoms with Crippen LogP contribution in [0.4, 0.5) is 8.78 Å². The van der Waals surface area contributed by atoms with E-state index < -0.39 is 6.61 Å². The van der Waals surface area contributed by atoms with Crippen LogP contribution in [-0.4, -0.2) is 21.6 Å². The Balaban J connectivity index is 1.81. The second-order valence-corrected chi connectivity index (χ2v) is 6.48. The summed E-state index contributed by atoms with van der Waals surface area (Å²) in [6.45, 7) is -0.980. The number of ether oxygens (including phenoxy) is 1. The van der Waals surface area contributed by atoms with E-state index in [4.69, 9.17) is 4.98 Å². The topological polar surface area (TPSA) is 47.9 Å². The van der Waals surface area contributed by atoms with Crippen LogP contribution in [0.15, 0.2) is 23.7 Å². The molecular weight excluding hydrogens is 320 g/mol. The highest BCUT2D eigenvalue weighted by molar-refractivity contribution is 7.13. The molecule has 0 amide bonds. The summed E-state index contributed by atoms with van der Waals surface area (Å²) in [5, 5.41) is 2.97. The van der Waals surface area contributed by atoms with E-state index in [0.717, 1.165) is 21.8 Å². The first-order valence-corrected chi connectivity index (χ1v) is 8.16. The second-order valence-electron chi connectivity index (χ2n) is 5.62. The van der Waals surface area contributed by atoms with Crippen molar-refractivity contribution in [3.05, 3.63) is 35.0 Å². The van der Waals surface area contributed by atoms with E-state index in [1.54, 1.807) is 17.4 Å². The minimum atomic E-state index is -2.91. The summed E-state index contributed by atoms with van der Waals surface area (Å²) in [7, 11) is 0. The predicted octanol–water partition coefficient (Wildman–Crippen LogP) is 4.54. The van der Waals surface area contributed by atoms with E-state index >= 15 is 0 Å². The number of aryl methyl sites for hydroxylation is 1. The molecule has 4 nitrogen and oxygen atoms in total. The van der Waals surface area contributed by atoms with E-state index in [2.05, 4.69) is 20.1 Å². The molecule has 1 aliphatic rings. The molecule has 0 N–H and O–H groups in total. The third kappa shape index (κ3) is 2.88. The van der Waals surface area contributed by atoms with Crippen molar-refractivity contribution in [3.8, 4) is 16.5 Å². The monoisotopic (exact) mass is 333 g/mol. The highest BCUT2D eigenvalue weighted by Gasteiger charge is 2.26. The van der Waals surface area contributed by atoms with Gasteiger partial charge in [0.05, 0.1) is 22.9 Å². The number of alkyl halides is 2. The van der Waals surface area contributed by atoms with Gasteiger partial charge in [0.25, 0.3) is 0 Å². The Morgan fingerprint density at radius 3 is 2.83 bits per heavy atom. The summed E-state index contributed by atoms with van der Waals surface area (Å²) in [6.07, 6.45) is 3.63. The summed E-state index contributed by atoms with van der Waals surface area (Å²) in [4.78, 5) is 13.1. The van der Waals surface area contributed by atoms with Crippen molar-refractivity contribution in [3.63, 3.8) is 0 Å². The Hall–Kier alpha value is -2.15. The molecule has 0 spiro atoms. The fourth-order valence-electron chi connectivity index (χ4n) is 2.54. The van der Waals surface area contributed by atoms with Gasteiger partial charge in [0.15, 0.2) is 0 Å². The number of nitrogens with zero attached hydrogens (tertiary/aromatic N) is 3. The second kappa shape index (κ2) is 5.49. The predicted molar refractivity (Wildman–Crippen MR) is 84.0 cm³/mol. The molecule has 1 fully saturated rings. The number of halogens is 2. The third-order valence-corrected chi connectivity index (χ3v) is 4.62. The van der Waals surface area contributed by atoms with Crippen molar-refractivity contribution in [1.82, 2.24) is 15.0 Å². The van der Waals surface area contributed by atoms with Crippen molar-refractivity contribution in [2.75, 3.05) is 0 Å². The van der Waals surface area contributed by atoms with Crippen LogP contribution in [-0.2, 0) is 0 Å². The Kier molecular flexibility index (Phi) is 3.45. The van der Waals surface area contributed by atoms with Gasteiger partial charge in [-0.2, -0.15) is 8.78 Å². The van der Waals surface area contributed by atoms with Crippen molar-refractivity contribution in [2.24, 2.45) is 0 Å².